The maximum atomic E-state index is 6.21. The Bertz CT molecular complexity index is 343. The molecule has 4 heteroatoms. The first-order valence-electron chi connectivity index (χ1n) is 5.10. The van der Waals surface area contributed by atoms with E-state index in [9.17, 15) is 0 Å². The van der Waals surface area contributed by atoms with Gasteiger partial charge in [-0.05, 0) is 26.7 Å². The number of hydrogen-bond acceptors (Lipinski definition) is 2. The largest absolute Gasteiger partial charge is 0.326 e. The first-order chi connectivity index (χ1) is 6.61. The number of imidazole rings is 1. The lowest BCUT2D eigenvalue weighted by Gasteiger charge is -2.28. The molecule has 2 unspecified atom stereocenters. The lowest BCUT2D eigenvalue weighted by molar-refractivity contribution is 0.350. The molecule has 2 rings (SSSR count). The molecule has 0 bridgehead atoms. The topological polar surface area (TPSA) is 43.8 Å². The standard InChI is InChI=1S/C10H16ClN3/c1-6(12)8-4-3-5-9-13-7(2)10(11)14(8)9/h6,8H,3-5,12H2,1-2H3. The van der Waals surface area contributed by atoms with Crippen molar-refractivity contribution in [1.29, 1.82) is 0 Å². The second-order valence-electron chi connectivity index (χ2n) is 4.09. The molecule has 0 aromatic carbocycles. The highest BCUT2D eigenvalue weighted by atomic mass is 35.5. The molecule has 0 spiro atoms. The molecule has 0 saturated carbocycles. The quantitative estimate of drug-likeness (QED) is 0.776. The number of hydrogen-bond donors (Lipinski definition) is 1. The van der Waals surface area contributed by atoms with Gasteiger partial charge in [0, 0.05) is 12.5 Å². The molecule has 78 valence electrons. The lowest BCUT2D eigenvalue weighted by atomic mass is 9.99. The fourth-order valence-electron chi connectivity index (χ4n) is 2.19. The highest BCUT2D eigenvalue weighted by Crippen LogP contribution is 2.31. The van der Waals surface area contributed by atoms with Crippen LogP contribution < -0.4 is 5.73 Å². The molecular weight excluding hydrogens is 198 g/mol. The number of aryl methyl sites for hydroxylation is 2. The average Bonchev–Trinajstić information content (AvgIpc) is 2.43. The van der Waals surface area contributed by atoms with Gasteiger partial charge in [0.2, 0.25) is 0 Å². The molecule has 1 aromatic rings. The Morgan fingerprint density at radius 2 is 2.36 bits per heavy atom. The van der Waals surface area contributed by atoms with E-state index in [1.54, 1.807) is 0 Å². The number of halogens is 1. The van der Waals surface area contributed by atoms with Crippen molar-refractivity contribution >= 4 is 11.6 Å². The second-order valence-corrected chi connectivity index (χ2v) is 4.45. The summed E-state index contributed by atoms with van der Waals surface area (Å²) in [5, 5.41) is 0.766. The van der Waals surface area contributed by atoms with E-state index in [2.05, 4.69) is 9.55 Å². The summed E-state index contributed by atoms with van der Waals surface area (Å²) in [6, 6.07) is 0.465. The van der Waals surface area contributed by atoms with Crippen molar-refractivity contribution in [2.24, 2.45) is 5.73 Å². The van der Waals surface area contributed by atoms with Crippen molar-refractivity contribution in [3.8, 4) is 0 Å². The van der Waals surface area contributed by atoms with Crippen LogP contribution in [0.1, 0.15) is 37.3 Å². The number of fused-ring (bicyclic) bond motifs is 1. The molecule has 14 heavy (non-hydrogen) atoms. The highest BCUT2D eigenvalue weighted by molar-refractivity contribution is 6.30. The summed E-state index contributed by atoms with van der Waals surface area (Å²) in [6.07, 6.45) is 3.30. The third-order valence-electron chi connectivity index (χ3n) is 2.92. The summed E-state index contributed by atoms with van der Waals surface area (Å²) in [5.41, 5.74) is 6.88. The second kappa shape index (κ2) is 3.55. The van der Waals surface area contributed by atoms with Crippen molar-refractivity contribution in [3.63, 3.8) is 0 Å². The molecule has 0 radical (unpaired) electrons. The van der Waals surface area contributed by atoms with Gasteiger partial charge in [-0.3, -0.25) is 0 Å². The molecule has 0 amide bonds. The minimum atomic E-state index is 0.139. The van der Waals surface area contributed by atoms with Gasteiger partial charge < -0.3 is 10.3 Å². The van der Waals surface area contributed by atoms with Gasteiger partial charge in [0.15, 0.2) is 0 Å². The summed E-state index contributed by atoms with van der Waals surface area (Å²) >= 11 is 6.21. The molecule has 0 aliphatic carbocycles. The van der Waals surface area contributed by atoms with Crippen LogP contribution in [0.25, 0.3) is 0 Å². The van der Waals surface area contributed by atoms with E-state index in [4.69, 9.17) is 17.3 Å². The molecule has 3 nitrogen and oxygen atoms in total. The molecule has 0 saturated heterocycles. The van der Waals surface area contributed by atoms with Gasteiger partial charge in [-0.25, -0.2) is 4.98 Å². The van der Waals surface area contributed by atoms with Crippen LogP contribution in [-0.4, -0.2) is 15.6 Å². The molecule has 2 heterocycles. The Morgan fingerprint density at radius 1 is 1.64 bits per heavy atom. The van der Waals surface area contributed by atoms with Crippen LogP contribution in [0.5, 0.6) is 0 Å². The minimum Gasteiger partial charge on any atom is -0.326 e. The molecule has 1 aliphatic rings. The van der Waals surface area contributed by atoms with Crippen molar-refractivity contribution in [2.45, 2.75) is 45.2 Å². The minimum absolute atomic E-state index is 0.139. The number of rotatable bonds is 1. The molecule has 1 aromatic heterocycles. The number of nitrogens with two attached hydrogens (primary N) is 1. The molecule has 1 aliphatic heterocycles. The highest BCUT2D eigenvalue weighted by Gasteiger charge is 2.26. The normalized spacial score (nSPS) is 23.3. The lowest BCUT2D eigenvalue weighted by Crippen LogP contribution is -2.32. The van der Waals surface area contributed by atoms with Gasteiger partial charge in [-0.2, -0.15) is 0 Å². The fraction of sp³-hybridized carbons (Fsp3) is 0.700. The smallest absolute Gasteiger partial charge is 0.132 e. The maximum Gasteiger partial charge on any atom is 0.132 e. The Labute approximate surface area is 89.3 Å². The van der Waals surface area contributed by atoms with Crippen LogP contribution in [-0.2, 0) is 6.42 Å². The summed E-state index contributed by atoms with van der Waals surface area (Å²) in [5.74, 6) is 1.10. The van der Waals surface area contributed by atoms with Crippen LogP contribution in [0.3, 0.4) is 0 Å². The predicted molar refractivity (Wildman–Crippen MR) is 57.6 cm³/mol. The van der Waals surface area contributed by atoms with Gasteiger partial charge >= 0.3 is 0 Å². The van der Waals surface area contributed by atoms with Crippen LogP contribution in [0, 0.1) is 6.92 Å². The van der Waals surface area contributed by atoms with Crippen molar-refractivity contribution in [1.82, 2.24) is 9.55 Å². The van der Waals surface area contributed by atoms with Crippen molar-refractivity contribution in [2.75, 3.05) is 0 Å². The summed E-state index contributed by atoms with van der Waals surface area (Å²) in [6.45, 7) is 3.98. The van der Waals surface area contributed by atoms with E-state index in [0.29, 0.717) is 6.04 Å². The SMILES string of the molecule is Cc1nc2n(c1Cl)C(C(C)N)CCC2. The summed E-state index contributed by atoms with van der Waals surface area (Å²) in [4.78, 5) is 4.46. The zero-order chi connectivity index (χ0) is 10.3. The van der Waals surface area contributed by atoms with Crippen LogP contribution in [0.2, 0.25) is 5.15 Å². The zero-order valence-corrected chi connectivity index (χ0v) is 9.38. The van der Waals surface area contributed by atoms with E-state index in [1.165, 1.54) is 6.42 Å². The summed E-state index contributed by atoms with van der Waals surface area (Å²) < 4.78 is 2.12. The number of aromatic nitrogens is 2. The zero-order valence-electron chi connectivity index (χ0n) is 8.63. The Balaban J connectivity index is 2.47. The van der Waals surface area contributed by atoms with E-state index >= 15 is 0 Å². The van der Waals surface area contributed by atoms with Gasteiger partial charge in [-0.1, -0.05) is 11.6 Å². The maximum absolute atomic E-state index is 6.21. The van der Waals surface area contributed by atoms with Crippen molar-refractivity contribution in [3.05, 3.63) is 16.7 Å². The Kier molecular flexibility index (Phi) is 2.54. The van der Waals surface area contributed by atoms with Gasteiger partial charge in [-0.15, -0.1) is 0 Å². The number of nitrogens with zero attached hydrogens (tertiary/aromatic N) is 2. The summed E-state index contributed by atoms with van der Waals surface area (Å²) in [7, 11) is 0. The third-order valence-corrected chi connectivity index (χ3v) is 3.38. The predicted octanol–water partition coefficient (Wildman–Crippen LogP) is 2.07. The van der Waals surface area contributed by atoms with E-state index in [-0.39, 0.29) is 6.04 Å². The van der Waals surface area contributed by atoms with Gasteiger partial charge in [0.1, 0.15) is 11.0 Å². The van der Waals surface area contributed by atoms with Gasteiger partial charge in [0.25, 0.3) is 0 Å². The monoisotopic (exact) mass is 213 g/mol. The van der Waals surface area contributed by atoms with E-state index in [0.717, 1.165) is 29.5 Å². The molecule has 2 N–H and O–H groups in total. The van der Waals surface area contributed by atoms with E-state index in [1.807, 2.05) is 13.8 Å². The first kappa shape index (κ1) is 9.99. The Morgan fingerprint density at radius 3 is 3.00 bits per heavy atom. The Hall–Kier alpha value is -0.540. The third kappa shape index (κ3) is 1.44. The average molecular weight is 214 g/mol. The first-order valence-corrected chi connectivity index (χ1v) is 5.48. The van der Waals surface area contributed by atoms with E-state index < -0.39 is 0 Å². The van der Waals surface area contributed by atoms with Crippen LogP contribution in [0.15, 0.2) is 0 Å². The van der Waals surface area contributed by atoms with Crippen LogP contribution in [0.4, 0.5) is 0 Å². The molecule has 0 fully saturated rings. The van der Waals surface area contributed by atoms with Gasteiger partial charge in [0.05, 0.1) is 11.7 Å². The molecular formula is C10H16ClN3. The fourth-order valence-corrected chi connectivity index (χ4v) is 2.46. The van der Waals surface area contributed by atoms with Crippen molar-refractivity contribution < 1.29 is 0 Å². The molecule has 2 atom stereocenters. The van der Waals surface area contributed by atoms with Crippen LogP contribution >= 0.6 is 11.6 Å².